The molecule has 2 N–H and O–H groups in total. The zero-order chi connectivity index (χ0) is 18.3. The molecule has 0 spiro atoms. The molecular formula is C16H14F3N3O3. The van der Waals surface area contributed by atoms with E-state index < -0.39 is 45.7 Å². The molecule has 3 rings (SSSR count). The van der Waals surface area contributed by atoms with E-state index in [4.69, 9.17) is 0 Å². The highest BCUT2D eigenvalue weighted by atomic mass is 19.2. The van der Waals surface area contributed by atoms with Crippen LogP contribution in [0.25, 0.3) is 10.9 Å². The Labute approximate surface area is 139 Å². The first kappa shape index (κ1) is 17.0. The van der Waals surface area contributed by atoms with E-state index in [0.29, 0.717) is 19.0 Å². The molecule has 9 heteroatoms. The molecular weight excluding hydrogens is 339 g/mol. The zero-order valence-electron chi connectivity index (χ0n) is 13.2. The monoisotopic (exact) mass is 353 g/mol. The summed E-state index contributed by atoms with van der Waals surface area (Å²) in [6.07, 6.45) is 1.45. The molecule has 1 aromatic heterocycles. The molecule has 0 saturated carbocycles. The first-order valence-electron chi connectivity index (χ1n) is 7.64. The van der Waals surface area contributed by atoms with E-state index in [1.54, 1.807) is 6.92 Å². The van der Waals surface area contributed by atoms with Crippen LogP contribution in [0.4, 0.5) is 13.2 Å². The van der Waals surface area contributed by atoms with Gasteiger partial charge in [0.25, 0.3) is 5.91 Å². The maximum Gasteiger partial charge on any atom is 0.257 e. The number of halogens is 3. The molecule has 1 saturated heterocycles. The summed E-state index contributed by atoms with van der Waals surface area (Å²) < 4.78 is 42.2. The molecule has 1 fully saturated rings. The Balaban J connectivity index is 2.15. The largest absolute Gasteiger partial charge is 0.354 e. The van der Waals surface area contributed by atoms with Gasteiger partial charge in [0.2, 0.25) is 11.3 Å². The highest BCUT2D eigenvalue weighted by Crippen LogP contribution is 2.22. The van der Waals surface area contributed by atoms with Gasteiger partial charge in [0, 0.05) is 19.3 Å². The van der Waals surface area contributed by atoms with Gasteiger partial charge in [-0.25, -0.2) is 13.2 Å². The van der Waals surface area contributed by atoms with Crippen LogP contribution in [-0.2, 0) is 11.3 Å². The third-order valence-corrected chi connectivity index (χ3v) is 4.14. The Hall–Kier alpha value is -2.84. The minimum Gasteiger partial charge on any atom is -0.354 e. The van der Waals surface area contributed by atoms with Gasteiger partial charge in [-0.2, -0.15) is 0 Å². The SMILES string of the molecule is CCn1cc(C(=O)N[C@@H]2CCNC2=O)c(=O)c2cc(F)c(F)c(F)c21. The summed E-state index contributed by atoms with van der Waals surface area (Å²) in [6, 6.07) is -0.208. The van der Waals surface area contributed by atoms with Crippen molar-refractivity contribution in [3.8, 4) is 0 Å². The van der Waals surface area contributed by atoms with Gasteiger partial charge in [-0.05, 0) is 19.4 Å². The van der Waals surface area contributed by atoms with E-state index in [-0.39, 0.29) is 18.0 Å². The van der Waals surface area contributed by atoms with E-state index >= 15 is 0 Å². The quantitative estimate of drug-likeness (QED) is 0.810. The van der Waals surface area contributed by atoms with Gasteiger partial charge in [-0.1, -0.05) is 0 Å². The minimum absolute atomic E-state index is 0.114. The van der Waals surface area contributed by atoms with Crippen LogP contribution in [0.15, 0.2) is 17.1 Å². The maximum atomic E-state index is 14.1. The minimum atomic E-state index is -1.69. The predicted molar refractivity (Wildman–Crippen MR) is 82.6 cm³/mol. The van der Waals surface area contributed by atoms with Crippen LogP contribution in [0.1, 0.15) is 23.7 Å². The fourth-order valence-corrected chi connectivity index (χ4v) is 2.84. The van der Waals surface area contributed by atoms with E-state index in [0.717, 1.165) is 10.8 Å². The summed E-state index contributed by atoms with van der Waals surface area (Å²) in [5.41, 5.74) is -1.73. The molecule has 0 bridgehead atoms. The van der Waals surface area contributed by atoms with Crippen molar-refractivity contribution in [3.05, 3.63) is 45.5 Å². The van der Waals surface area contributed by atoms with Crippen LogP contribution in [-0.4, -0.2) is 29.0 Å². The summed E-state index contributed by atoms with van der Waals surface area (Å²) in [5.74, 6) is -5.90. The van der Waals surface area contributed by atoms with Crippen molar-refractivity contribution < 1.29 is 22.8 Å². The molecule has 6 nitrogen and oxygen atoms in total. The molecule has 132 valence electrons. The van der Waals surface area contributed by atoms with Crippen molar-refractivity contribution in [2.45, 2.75) is 25.9 Å². The van der Waals surface area contributed by atoms with Crippen molar-refractivity contribution in [3.63, 3.8) is 0 Å². The maximum absolute atomic E-state index is 14.1. The van der Waals surface area contributed by atoms with Crippen LogP contribution in [0.3, 0.4) is 0 Å². The number of fused-ring (bicyclic) bond motifs is 1. The van der Waals surface area contributed by atoms with E-state index in [1.165, 1.54) is 0 Å². The molecule has 0 radical (unpaired) electrons. The number of benzene rings is 1. The molecule has 1 aliphatic heterocycles. The number of aromatic nitrogens is 1. The lowest BCUT2D eigenvalue weighted by molar-refractivity contribution is -0.120. The molecule has 0 unspecified atom stereocenters. The number of hydrogen-bond acceptors (Lipinski definition) is 3. The second-order valence-electron chi connectivity index (χ2n) is 5.65. The molecule has 0 aliphatic carbocycles. The second kappa shape index (κ2) is 6.23. The number of carbonyl (C=O) groups is 2. The Morgan fingerprint density at radius 3 is 2.64 bits per heavy atom. The summed E-state index contributed by atoms with van der Waals surface area (Å²) in [4.78, 5) is 36.4. The number of pyridine rings is 1. The Kier molecular flexibility index (Phi) is 4.23. The fourth-order valence-electron chi connectivity index (χ4n) is 2.84. The number of rotatable bonds is 3. The second-order valence-corrected chi connectivity index (χ2v) is 5.65. The Morgan fingerprint density at radius 1 is 1.32 bits per heavy atom. The molecule has 2 aromatic rings. The van der Waals surface area contributed by atoms with E-state index in [1.807, 2.05) is 0 Å². The lowest BCUT2D eigenvalue weighted by Crippen LogP contribution is -2.42. The van der Waals surface area contributed by atoms with Crippen molar-refractivity contribution in [1.29, 1.82) is 0 Å². The highest BCUT2D eigenvalue weighted by Gasteiger charge is 2.28. The fraction of sp³-hybridized carbons (Fsp3) is 0.312. The molecule has 1 aliphatic rings. The molecule has 2 amide bonds. The number of nitrogens with zero attached hydrogens (tertiary/aromatic N) is 1. The van der Waals surface area contributed by atoms with Crippen LogP contribution >= 0.6 is 0 Å². The predicted octanol–water partition coefficient (Wildman–Crippen LogP) is 1.06. The number of amides is 2. The van der Waals surface area contributed by atoms with Crippen molar-refractivity contribution in [2.24, 2.45) is 0 Å². The van der Waals surface area contributed by atoms with Crippen LogP contribution < -0.4 is 16.1 Å². The third-order valence-electron chi connectivity index (χ3n) is 4.14. The third kappa shape index (κ3) is 2.75. The van der Waals surface area contributed by atoms with Gasteiger partial charge < -0.3 is 15.2 Å². The number of hydrogen-bond donors (Lipinski definition) is 2. The molecule has 1 aromatic carbocycles. The first-order valence-corrected chi connectivity index (χ1v) is 7.64. The summed E-state index contributed by atoms with van der Waals surface area (Å²) in [5, 5.41) is 4.51. The lowest BCUT2D eigenvalue weighted by atomic mass is 10.1. The van der Waals surface area contributed by atoms with Crippen molar-refractivity contribution in [1.82, 2.24) is 15.2 Å². The van der Waals surface area contributed by atoms with Gasteiger partial charge in [0.1, 0.15) is 11.6 Å². The molecule has 2 heterocycles. The number of aryl methyl sites for hydroxylation is 1. The van der Waals surface area contributed by atoms with Crippen molar-refractivity contribution in [2.75, 3.05) is 6.54 Å². The Bertz CT molecular complexity index is 955. The van der Waals surface area contributed by atoms with Gasteiger partial charge in [0.15, 0.2) is 17.5 Å². The van der Waals surface area contributed by atoms with Gasteiger partial charge in [0.05, 0.1) is 10.9 Å². The van der Waals surface area contributed by atoms with E-state index in [2.05, 4.69) is 10.6 Å². The van der Waals surface area contributed by atoms with Crippen LogP contribution in [0.5, 0.6) is 0 Å². The zero-order valence-corrected chi connectivity index (χ0v) is 13.2. The summed E-state index contributed by atoms with van der Waals surface area (Å²) >= 11 is 0. The van der Waals surface area contributed by atoms with Crippen LogP contribution in [0, 0.1) is 17.5 Å². The lowest BCUT2D eigenvalue weighted by Gasteiger charge is -2.14. The molecule has 25 heavy (non-hydrogen) atoms. The van der Waals surface area contributed by atoms with Crippen molar-refractivity contribution >= 4 is 22.7 Å². The Morgan fingerprint density at radius 2 is 2.04 bits per heavy atom. The summed E-state index contributed by atoms with van der Waals surface area (Å²) in [7, 11) is 0. The first-order chi connectivity index (χ1) is 11.8. The number of carbonyl (C=O) groups excluding carboxylic acids is 2. The smallest absolute Gasteiger partial charge is 0.257 e. The molecule has 1 atom stereocenters. The number of nitrogens with one attached hydrogen (secondary N) is 2. The van der Waals surface area contributed by atoms with Gasteiger partial charge in [-0.3, -0.25) is 14.4 Å². The topological polar surface area (TPSA) is 80.2 Å². The normalized spacial score (nSPS) is 17.0. The van der Waals surface area contributed by atoms with Crippen LogP contribution in [0.2, 0.25) is 0 Å². The average Bonchev–Trinajstić information content (AvgIpc) is 2.98. The van der Waals surface area contributed by atoms with Gasteiger partial charge in [-0.15, -0.1) is 0 Å². The van der Waals surface area contributed by atoms with E-state index in [9.17, 15) is 27.6 Å². The summed E-state index contributed by atoms with van der Waals surface area (Å²) in [6.45, 7) is 2.11. The highest BCUT2D eigenvalue weighted by molar-refractivity contribution is 6.00. The average molecular weight is 353 g/mol. The standard InChI is InChI=1S/C16H14F3N3O3/c1-2-22-6-8(15(24)21-10-3-4-20-16(10)25)14(23)7-5-9(17)11(18)12(19)13(7)22/h5-6,10H,2-4H2,1H3,(H,20,25)(H,21,24)/t10-/m1/s1. The van der Waals surface area contributed by atoms with Gasteiger partial charge >= 0.3 is 0 Å².